The van der Waals surface area contributed by atoms with Gasteiger partial charge >= 0.3 is 5.97 Å². The number of nitrogens with two attached hydrogens (primary N) is 7. The van der Waals surface area contributed by atoms with Crippen molar-refractivity contribution in [2.45, 2.75) is 126 Å². The fraction of sp³-hybridized carbons (Fsp3) is 0.587. The average Bonchev–Trinajstić information content (AvgIpc) is 3.86. The highest BCUT2D eigenvalue weighted by atomic mass is 16.4. The van der Waals surface area contributed by atoms with E-state index in [-0.39, 0.29) is 82.8 Å². The number of amides is 8. The van der Waals surface area contributed by atoms with Crippen molar-refractivity contribution >= 4 is 64.9 Å². The van der Waals surface area contributed by atoms with Crippen LogP contribution in [0.4, 0.5) is 0 Å². The first-order chi connectivity index (χ1) is 34.8. The normalized spacial score (nSPS) is 16.1. The summed E-state index contributed by atoms with van der Waals surface area (Å²) in [4.78, 5) is 129. The van der Waals surface area contributed by atoms with Gasteiger partial charge in [0.1, 0.15) is 41.6 Å². The van der Waals surface area contributed by atoms with Gasteiger partial charge in [0, 0.05) is 26.1 Å². The van der Waals surface area contributed by atoms with Crippen LogP contribution in [-0.4, -0.2) is 168 Å². The van der Waals surface area contributed by atoms with Crippen molar-refractivity contribution in [1.82, 2.24) is 36.8 Å². The molecule has 1 heterocycles. The van der Waals surface area contributed by atoms with Crippen LogP contribution >= 0.6 is 0 Å². The molecular weight excluding hydrogens is 953 g/mol. The number of carboxylic acid groups (broad SMARTS) is 1. The lowest BCUT2D eigenvalue weighted by Crippen LogP contribution is -2.60. The number of hydrogen-bond acceptors (Lipinski definition) is 16. The number of carbonyl (C=O) groups excluding carboxylic acids is 8. The number of aliphatic carboxylic acids is 1. The van der Waals surface area contributed by atoms with Crippen LogP contribution < -0.4 is 72.0 Å². The first-order valence-electron chi connectivity index (χ1n) is 24.3. The van der Waals surface area contributed by atoms with Gasteiger partial charge in [-0.25, -0.2) is 9.79 Å². The summed E-state index contributed by atoms with van der Waals surface area (Å²) in [6, 6.07) is 1.07. The number of rotatable bonds is 33. The highest BCUT2D eigenvalue weighted by Gasteiger charge is 2.38. The van der Waals surface area contributed by atoms with Crippen LogP contribution in [0.3, 0.4) is 0 Å². The molecule has 0 spiro atoms. The minimum atomic E-state index is -1.57. The van der Waals surface area contributed by atoms with Gasteiger partial charge in [0.05, 0.1) is 18.7 Å². The number of aliphatic hydroxyl groups excluding tert-OH is 1. The predicted octanol–water partition coefficient (Wildman–Crippen LogP) is -5.35. The molecule has 27 nitrogen and oxygen atoms in total. The van der Waals surface area contributed by atoms with Gasteiger partial charge in [-0.1, -0.05) is 42.8 Å². The Morgan fingerprint density at radius 3 is 2.07 bits per heavy atom. The predicted molar refractivity (Wildman–Crippen MR) is 270 cm³/mol. The molecule has 8 amide bonds. The molecule has 73 heavy (non-hydrogen) atoms. The van der Waals surface area contributed by atoms with E-state index in [0.717, 1.165) is 0 Å². The fourth-order valence-electron chi connectivity index (χ4n) is 7.35. The van der Waals surface area contributed by atoms with Gasteiger partial charge in [0.15, 0.2) is 5.96 Å². The Hall–Kier alpha value is -6.91. The number of nitrogens with zero attached hydrogens (tertiary/aromatic N) is 3. The number of guanidine groups is 1. The first-order valence-corrected chi connectivity index (χ1v) is 24.3. The second-order valence-corrected chi connectivity index (χ2v) is 17.2. The maximum absolute atomic E-state index is 14.2. The Labute approximate surface area is 424 Å². The van der Waals surface area contributed by atoms with Crippen molar-refractivity contribution in [3.63, 3.8) is 0 Å². The van der Waals surface area contributed by atoms with Crippen molar-refractivity contribution in [1.29, 1.82) is 0 Å². The number of hydrogen-bond donors (Lipinski definition) is 15. The Kier molecular flexibility index (Phi) is 28.7. The molecular formula is C46H76N16O11. The lowest BCUT2D eigenvalue weighted by Gasteiger charge is -2.28. The monoisotopic (exact) mass is 1030 g/mol. The lowest BCUT2D eigenvalue weighted by molar-refractivity contribution is -0.137. The molecule has 0 aromatic heterocycles. The maximum atomic E-state index is 14.2. The molecule has 0 radical (unpaired) electrons. The zero-order valence-electron chi connectivity index (χ0n) is 41.4. The number of nitrogens with one attached hydrogen (secondary N) is 6. The third-order valence-corrected chi connectivity index (χ3v) is 11.4. The van der Waals surface area contributed by atoms with Crippen LogP contribution in [0.1, 0.15) is 83.1 Å². The lowest BCUT2D eigenvalue weighted by atomic mass is 10.0. The minimum Gasteiger partial charge on any atom is -0.477 e. The molecule has 0 aliphatic carbocycles. The van der Waals surface area contributed by atoms with Crippen molar-refractivity contribution < 1.29 is 53.4 Å². The van der Waals surface area contributed by atoms with Gasteiger partial charge in [-0.05, 0) is 96.3 Å². The number of aliphatic hydroxyl groups is 1. The molecule has 1 aromatic rings. The van der Waals surface area contributed by atoms with Gasteiger partial charge in [0.25, 0.3) is 11.8 Å². The Bertz CT molecular complexity index is 2100. The van der Waals surface area contributed by atoms with Gasteiger partial charge in [-0.15, -0.1) is 0 Å². The summed E-state index contributed by atoms with van der Waals surface area (Å²) < 4.78 is 0. The highest BCUT2D eigenvalue weighted by molar-refractivity contribution is 6.40. The number of aliphatic imine (C=N–C) groups is 2. The highest BCUT2D eigenvalue weighted by Crippen LogP contribution is 2.20. The summed E-state index contributed by atoms with van der Waals surface area (Å²) in [6.07, 6.45) is 2.70. The number of carboxylic acids is 1. The maximum Gasteiger partial charge on any atom is 0.352 e. The van der Waals surface area contributed by atoms with E-state index in [1.807, 2.05) is 0 Å². The van der Waals surface area contributed by atoms with Crippen LogP contribution in [0.2, 0.25) is 0 Å². The zero-order valence-corrected chi connectivity index (χ0v) is 41.4. The van der Waals surface area contributed by atoms with E-state index >= 15 is 0 Å². The molecule has 0 saturated carbocycles. The quantitative estimate of drug-likeness (QED) is 0.0135. The van der Waals surface area contributed by atoms with Gasteiger partial charge in [0.2, 0.25) is 35.4 Å². The van der Waals surface area contributed by atoms with Crippen molar-refractivity contribution in [2.75, 3.05) is 45.8 Å². The molecule has 1 aromatic carbocycles. The van der Waals surface area contributed by atoms with E-state index in [1.165, 1.54) is 17.9 Å². The number of carbonyl (C=O) groups is 9. The average molecular weight is 1030 g/mol. The molecule has 27 heteroatoms. The van der Waals surface area contributed by atoms with Crippen LogP contribution in [0.15, 0.2) is 52.1 Å². The van der Waals surface area contributed by atoms with E-state index in [4.69, 9.17) is 40.1 Å². The minimum absolute atomic E-state index is 0.0453. The summed E-state index contributed by atoms with van der Waals surface area (Å²) >= 11 is 0. The summed E-state index contributed by atoms with van der Waals surface area (Å²) in [6.45, 7) is 1.04. The Balaban J connectivity index is 2.27. The van der Waals surface area contributed by atoms with Gasteiger partial charge in [-0.3, -0.25) is 43.3 Å². The third kappa shape index (κ3) is 22.6. The van der Waals surface area contributed by atoms with Gasteiger partial charge < -0.3 is 87.1 Å². The molecule has 1 fully saturated rings. The molecule has 1 saturated heterocycles. The molecule has 1 aliphatic rings. The topological polar surface area (TPSA) is 476 Å². The molecule has 7 atom stereocenters. The van der Waals surface area contributed by atoms with Crippen molar-refractivity contribution in [3.05, 3.63) is 47.7 Å². The number of unbranched alkanes of at least 4 members (excludes halogenated alkanes) is 2. The van der Waals surface area contributed by atoms with Gasteiger partial charge in [-0.2, -0.15) is 0 Å². The van der Waals surface area contributed by atoms with Crippen molar-refractivity contribution in [3.8, 4) is 0 Å². The fourth-order valence-corrected chi connectivity index (χ4v) is 7.35. The summed E-state index contributed by atoms with van der Waals surface area (Å²) in [5.41, 5.74) is 39.0. The Morgan fingerprint density at radius 1 is 0.795 bits per heavy atom. The largest absolute Gasteiger partial charge is 0.477 e. The smallest absolute Gasteiger partial charge is 0.352 e. The van der Waals surface area contributed by atoms with E-state index in [1.54, 1.807) is 30.3 Å². The molecule has 22 N–H and O–H groups in total. The second kappa shape index (κ2) is 33.7. The van der Waals surface area contributed by atoms with E-state index in [9.17, 15) is 53.4 Å². The molecule has 0 unspecified atom stereocenters. The third-order valence-electron chi connectivity index (χ3n) is 11.4. The van der Waals surface area contributed by atoms with Crippen molar-refractivity contribution in [2.24, 2.45) is 50.1 Å². The number of likely N-dealkylation sites (tertiary alicyclic amines) is 1. The van der Waals surface area contributed by atoms with E-state index in [2.05, 4.69) is 41.9 Å². The number of benzene rings is 1. The molecule has 2 rings (SSSR count). The molecule has 0 bridgehead atoms. The van der Waals surface area contributed by atoms with E-state index < -0.39 is 114 Å². The van der Waals surface area contributed by atoms with E-state index in [0.29, 0.717) is 44.2 Å². The summed E-state index contributed by atoms with van der Waals surface area (Å²) in [7, 11) is 0. The second-order valence-electron chi connectivity index (χ2n) is 17.2. The molecule has 406 valence electrons. The summed E-state index contributed by atoms with van der Waals surface area (Å²) in [5, 5.41) is 35.0. The van der Waals surface area contributed by atoms with Crippen LogP contribution in [0, 0.1) is 0 Å². The van der Waals surface area contributed by atoms with Crippen LogP contribution in [-0.2, 0) is 49.6 Å². The van der Waals surface area contributed by atoms with Crippen LogP contribution in [0.25, 0.3) is 0 Å². The van der Waals surface area contributed by atoms with Crippen LogP contribution in [0.5, 0.6) is 0 Å². The first kappa shape index (κ1) is 62.2. The standard InChI is InChI=1S/C46H76N16O11/c1-27(56-43(70)37(35(63)25-50)61-39(66)29(51)14-5-7-19-47)38(65)55-26-36(64)57-31(16-9-21-49)44(71)62-23-11-18-34(62)42(69)60-33(24-28-12-3-2-4-13-28)41(68)58-30(15-6-8-20-48)40(67)59-32(45(72)73)17-10-22-54-46(52)53/h2-4,12-13,17,27,29-30,33-35,37,63H,5-11,14-16,18-26,47-51H2,1H3,(H,55,65)(H,56,70)(H,58,68)(H,59,67)(H,60,69)(H,61,66)(H,72,73)(H4,52,53,54)/b32-17-,57-31?/t27-,29-,30-,33-,34-,35-,37-/m0/s1. The molecule has 1 aliphatic heterocycles. The SMILES string of the molecule is C[C@H](NC(=O)[C@@H](NC(=O)[C@@H](N)CCCCN)[C@@H](O)CN)C(=O)NCC(=O)N=C(CCCN)C(=O)N1CCC[C@H]1C(=O)N[C@@H](Cc1ccccc1)C(=O)N[C@@H](CCCCN)C(=O)N/C(=C\CCN=C(N)N)C(=O)O. The Morgan fingerprint density at radius 2 is 1.45 bits per heavy atom. The zero-order chi connectivity index (χ0) is 54.5. The summed E-state index contributed by atoms with van der Waals surface area (Å²) in [5.74, 6) is -8.27.